The van der Waals surface area contributed by atoms with E-state index in [1.807, 2.05) is 35.7 Å². The minimum atomic E-state index is -0.511. The van der Waals surface area contributed by atoms with Crippen LogP contribution in [0.15, 0.2) is 30.3 Å². The summed E-state index contributed by atoms with van der Waals surface area (Å²) in [6.45, 7) is 2.62. The molecule has 4 N–H and O–H groups in total. The largest absolute Gasteiger partial charge is 0.494 e. The van der Waals surface area contributed by atoms with E-state index < -0.39 is 11.1 Å². The quantitative estimate of drug-likeness (QED) is 0.202. The number of nitrogens with one attached hydrogen (secondary N) is 4. The SMILES string of the molecule is BC(B)(B)NC(=O)c1nnc(NC(=O)C2CC2)cc1Nc1cccc(-c2cc(C(=O)NCC3CCN(C)C3)n(C)n2)c1OC. The van der Waals surface area contributed by atoms with Gasteiger partial charge in [0.1, 0.15) is 29.2 Å². The average Bonchev–Trinajstić information content (AvgIpc) is 3.63. The molecule has 13 nitrogen and oxygen atoms in total. The van der Waals surface area contributed by atoms with E-state index in [2.05, 4.69) is 48.5 Å². The summed E-state index contributed by atoms with van der Waals surface area (Å²) in [6, 6.07) is 8.79. The Morgan fingerprint density at radius 2 is 1.82 bits per heavy atom. The number of hydrogen-bond acceptors (Lipinski definition) is 9. The van der Waals surface area contributed by atoms with Crippen molar-refractivity contribution in [1.29, 1.82) is 0 Å². The molecular weight excluding hydrogens is 559 g/mol. The highest BCUT2D eigenvalue weighted by atomic mass is 16.5. The second kappa shape index (κ2) is 12.7. The average molecular weight is 597 g/mol. The zero-order valence-electron chi connectivity index (χ0n) is 26.2. The van der Waals surface area contributed by atoms with Crippen molar-refractivity contribution in [3.8, 4) is 17.0 Å². The van der Waals surface area contributed by atoms with Crippen molar-refractivity contribution in [1.82, 2.24) is 35.5 Å². The molecule has 16 heteroatoms. The number of amides is 3. The van der Waals surface area contributed by atoms with Gasteiger partial charge in [0.15, 0.2) is 17.3 Å². The van der Waals surface area contributed by atoms with Gasteiger partial charge in [-0.15, -0.1) is 10.2 Å². The predicted octanol–water partition coefficient (Wildman–Crippen LogP) is -1.10. The van der Waals surface area contributed by atoms with E-state index in [1.54, 1.807) is 37.0 Å². The molecule has 1 saturated carbocycles. The summed E-state index contributed by atoms with van der Waals surface area (Å²) in [6.07, 6.45) is 2.75. The van der Waals surface area contributed by atoms with E-state index in [0.717, 1.165) is 32.4 Å². The number of aromatic nitrogens is 4. The lowest BCUT2D eigenvalue weighted by atomic mass is 9.49. The van der Waals surface area contributed by atoms with Gasteiger partial charge in [0.05, 0.1) is 24.2 Å². The number of ether oxygens (including phenoxy) is 1. The maximum atomic E-state index is 13.2. The Morgan fingerprint density at radius 3 is 2.48 bits per heavy atom. The van der Waals surface area contributed by atoms with Crippen molar-refractivity contribution in [2.45, 2.75) is 24.5 Å². The summed E-state index contributed by atoms with van der Waals surface area (Å²) < 4.78 is 7.39. The minimum Gasteiger partial charge on any atom is -0.494 e. The summed E-state index contributed by atoms with van der Waals surface area (Å²) in [7, 11) is 11.0. The summed E-state index contributed by atoms with van der Waals surface area (Å²) >= 11 is 0. The monoisotopic (exact) mass is 597 g/mol. The number of anilines is 3. The van der Waals surface area contributed by atoms with Crippen LogP contribution in [0.4, 0.5) is 17.2 Å². The number of methoxy groups -OCH3 is 1. The number of aryl methyl sites for hydroxylation is 1. The molecular formula is C28H38B3N9O4. The van der Waals surface area contributed by atoms with Crippen LogP contribution in [-0.2, 0) is 11.8 Å². The number of para-hydroxylation sites is 1. The summed E-state index contributed by atoms with van der Waals surface area (Å²) in [5.41, 5.74) is 2.56. The minimum absolute atomic E-state index is 0.0244. The van der Waals surface area contributed by atoms with Crippen LogP contribution in [0.2, 0.25) is 0 Å². The molecule has 0 radical (unpaired) electrons. The highest BCUT2D eigenvalue weighted by Crippen LogP contribution is 2.38. The molecule has 1 saturated heterocycles. The van der Waals surface area contributed by atoms with Gasteiger partial charge in [-0.05, 0) is 62.2 Å². The maximum Gasteiger partial charge on any atom is 0.272 e. The number of rotatable bonds is 11. The fourth-order valence-corrected chi connectivity index (χ4v) is 5.22. The molecule has 1 aliphatic carbocycles. The van der Waals surface area contributed by atoms with Gasteiger partial charge in [-0.2, -0.15) is 5.10 Å². The Balaban J connectivity index is 1.42. The van der Waals surface area contributed by atoms with Gasteiger partial charge in [-0.1, -0.05) is 6.07 Å². The highest BCUT2D eigenvalue weighted by Gasteiger charge is 2.30. The fourth-order valence-electron chi connectivity index (χ4n) is 5.22. The van der Waals surface area contributed by atoms with Gasteiger partial charge in [-0.25, -0.2) is 0 Å². The number of benzene rings is 1. The summed E-state index contributed by atoms with van der Waals surface area (Å²) in [5.74, 6) is 0.357. The van der Waals surface area contributed by atoms with Gasteiger partial charge in [-0.3, -0.25) is 19.1 Å². The molecule has 44 heavy (non-hydrogen) atoms. The Labute approximate surface area is 259 Å². The van der Waals surface area contributed by atoms with Crippen LogP contribution in [0.25, 0.3) is 11.3 Å². The highest BCUT2D eigenvalue weighted by molar-refractivity contribution is 6.60. The predicted molar refractivity (Wildman–Crippen MR) is 176 cm³/mol. The third-order valence-electron chi connectivity index (χ3n) is 7.61. The Morgan fingerprint density at radius 1 is 1.05 bits per heavy atom. The third kappa shape index (κ3) is 7.41. The molecule has 1 unspecified atom stereocenters. The zero-order valence-corrected chi connectivity index (χ0v) is 26.2. The lowest BCUT2D eigenvalue weighted by Crippen LogP contribution is -2.50. The standard InChI is InChI=1S/C28H38B3N9O4/c1-39-10-9-15(14-39)13-32-26(42)21-11-19(38-40(21)2)17-5-4-6-18(24(17)44-3)33-20-12-22(34-25(41)16-7-8-16)36-37-23(20)27(43)35-28(29,30)31/h4-6,11-12,15-16H,7-10,13-14,29-31H2,1-3H3,(H,32,42)(H,35,43)(H2,33,34,36,41). The van der Waals surface area contributed by atoms with Crippen LogP contribution in [0.3, 0.4) is 0 Å². The van der Waals surface area contributed by atoms with Crippen molar-refractivity contribution in [3.05, 3.63) is 41.7 Å². The first kappa shape index (κ1) is 31.1. The molecule has 5 rings (SSSR count). The molecule has 2 aromatic heterocycles. The van der Waals surface area contributed by atoms with Crippen LogP contribution in [0.5, 0.6) is 5.75 Å². The molecule has 2 aliphatic rings. The lowest BCUT2D eigenvalue weighted by Gasteiger charge is -2.22. The molecule has 0 spiro atoms. The number of likely N-dealkylation sites (tertiary alicyclic amines) is 1. The first-order valence-corrected chi connectivity index (χ1v) is 14.9. The number of nitrogens with zero attached hydrogens (tertiary/aromatic N) is 5. The smallest absolute Gasteiger partial charge is 0.272 e. The molecule has 3 aromatic rings. The van der Waals surface area contributed by atoms with Crippen molar-refractivity contribution in [3.63, 3.8) is 0 Å². The number of hydrogen-bond donors (Lipinski definition) is 4. The Kier molecular flexibility index (Phi) is 9.00. The lowest BCUT2D eigenvalue weighted by molar-refractivity contribution is -0.117. The van der Waals surface area contributed by atoms with E-state index >= 15 is 0 Å². The van der Waals surface area contributed by atoms with Gasteiger partial charge in [0.25, 0.3) is 11.8 Å². The second-order valence-corrected chi connectivity index (χ2v) is 12.6. The first-order chi connectivity index (χ1) is 20.9. The van der Waals surface area contributed by atoms with E-state index in [-0.39, 0.29) is 29.2 Å². The van der Waals surface area contributed by atoms with Crippen molar-refractivity contribution in [2.24, 2.45) is 18.9 Å². The number of carbonyl (C=O) groups is 3. The third-order valence-corrected chi connectivity index (χ3v) is 7.61. The molecule has 3 heterocycles. The van der Waals surface area contributed by atoms with Crippen LogP contribution in [0, 0.1) is 11.8 Å². The zero-order chi connectivity index (χ0) is 31.6. The van der Waals surface area contributed by atoms with Crippen LogP contribution >= 0.6 is 0 Å². The number of carbonyl (C=O) groups excluding carboxylic acids is 3. The van der Waals surface area contributed by atoms with Gasteiger partial charge in [0.2, 0.25) is 5.91 Å². The van der Waals surface area contributed by atoms with Crippen LogP contribution in [-0.4, -0.2) is 105 Å². The first-order valence-electron chi connectivity index (χ1n) is 14.9. The molecule has 3 amide bonds. The molecule has 1 aliphatic heterocycles. The molecule has 1 aromatic carbocycles. The van der Waals surface area contributed by atoms with E-state index in [1.165, 1.54) is 0 Å². The van der Waals surface area contributed by atoms with Gasteiger partial charge >= 0.3 is 0 Å². The van der Waals surface area contributed by atoms with Gasteiger partial charge in [0, 0.05) is 37.7 Å². The Bertz CT molecular complexity index is 1570. The normalized spacial score (nSPS) is 16.8. The fraction of sp³-hybridized carbons (Fsp3) is 0.429. The van der Waals surface area contributed by atoms with Crippen LogP contribution in [0.1, 0.15) is 40.2 Å². The topological polar surface area (TPSA) is 155 Å². The summed E-state index contributed by atoms with van der Waals surface area (Å²) in [5, 5.41) is 24.4. The molecule has 0 bridgehead atoms. The molecule has 228 valence electrons. The second-order valence-electron chi connectivity index (χ2n) is 12.6. The Hall–Kier alpha value is -4.33. The van der Waals surface area contributed by atoms with E-state index in [4.69, 9.17) is 4.74 Å². The summed E-state index contributed by atoms with van der Waals surface area (Å²) in [4.78, 5) is 40.9. The molecule has 1 atom stereocenters. The molecule has 2 fully saturated rings. The maximum absolute atomic E-state index is 13.2. The van der Waals surface area contributed by atoms with Crippen molar-refractivity contribution in [2.75, 3.05) is 44.4 Å². The van der Waals surface area contributed by atoms with Crippen molar-refractivity contribution >= 4 is 58.5 Å². The van der Waals surface area contributed by atoms with E-state index in [9.17, 15) is 14.4 Å². The van der Waals surface area contributed by atoms with Crippen LogP contribution < -0.4 is 26.0 Å². The van der Waals surface area contributed by atoms with Gasteiger partial charge < -0.3 is 30.9 Å². The van der Waals surface area contributed by atoms with E-state index in [0.29, 0.717) is 46.5 Å². The van der Waals surface area contributed by atoms with Crippen molar-refractivity contribution < 1.29 is 19.1 Å².